The van der Waals surface area contributed by atoms with Crippen LogP contribution in [0, 0.1) is 11.6 Å². The van der Waals surface area contributed by atoms with E-state index in [0.29, 0.717) is 12.1 Å². The summed E-state index contributed by atoms with van der Waals surface area (Å²) in [6, 6.07) is 17.4. The van der Waals surface area contributed by atoms with E-state index >= 15 is 0 Å². The molecule has 3 aromatic rings. The van der Waals surface area contributed by atoms with Gasteiger partial charge in [0.05, 0.1) is 5.56 Å². The molecule has 10 heteroatoms. The highest BCUT2D eigenvalue weighted by atomic mass is 32.2. The number of carbonyl (C=O) groups is 3. The number of nitrogens with one attached hydrogen (secondary N) is 1. The number of carboxylic acids is 1. The second-order valence-electron chi connectivity index (χ2n) is 7.95. The maximum Gasteiger partial charge on any atom is 0.335 e. The van der Waals surface area contributed by atoms with E-state index in [0.717, 1.165) is 17.3 Å². The molecule has 0 saturated carbocycles. The van der Waals surface area contributed by atoms with E-state index in [2.05, 4.69) is 10.3 Å². The molecule has 3 aromatic carbocycles. The Bertz CT molecular complexity index is 1310. The van der Waals surface area contributed by atoms with E-state index in [4.69, 9.17) is 5.11 Å². The summed E-state index contributed by atoms with van der Waals surface area (Å²) in [4.78, 5) is 42.8. The lowest BCUT2D eigenvalue weighted by molar-refractivity contribution is -0.129. The monoisotopic (exact) mass is 509 g/mol. The molecule has 1 saturated heterocycles. The lowest BCUT2D eigenvalue weighted by atomic mass is 10.1. The molecular weight excluding hydrogens is 488 g/mol. The van der Waals surface area contributed by atoms with Gasteiger partial charge in [-0.2, -0.15) is 0 Å². The van der Waals surface area contributed by atoms with Crippen LogP contribution in [0.25, 0.3) is 0 Å². The van der Waals surface area contributed by atoms with Crippen LogP contribution in [0.3, 0.4) is 0 Å². The van der Waals surface area contributed by atoms with Gasteiger partial charge < -0.3 is 10.4 Å². The number of aromatic carboxylic acids is 1. The highest BCUT2D eigenvalue weighted by molar-refractivity contribution is 8.15. The van der Waals surface area contributed by atoms with Gasteiger partial charge in [-0.1, -0.05) is 36.0 Å². The first kappa shape index (κ1) is 25.1. The molecule has 1 atom stereocenters. The SMILES string of the molecule is O=C(O)c1ccc(NC(=O)C2CC(=O)N(CCc3ccc(F)cc3)C(=Nc3ccccc3F)S2)cc1. The smallest absolute Gasteiger partial charge is 0.335 e. The highest BCUT2D eigenvalue weighted by Gasteiger charge is 2.36. The standard InChI is InChI=1S/C26H21F2N3O4S/c27-18-9-5-16(6-10-18)13-14-31-23(32)15-22(36-26(31)30-21-4-2-1-3-20(21)28)24(33)29-19-11-7-17(8-12-19)25(34)35/h1-12,22H,13-15H2,(H,29,33)(H,34,35). The van der Waals surface area contributed by atoms with Crippen molar-refractivity contribution in [3.63, 3.8) is 0 Å². The van der Waals surface area contributed by atoms with Crippen molar-refractivity contribution in [3.8, 4) is 0 Å². The number of para-hydroxylation sites is 1. The molecule has 36 heavy (non-hydrogen) atoms. The second-order valence-corrected chi connectivity index (χ2v) is 9.12. The van der Waals surface area contributed by atoms with E-state index in [1.54, 1.807) is 18.2 Å². The molecule has 0 radical (unpaired) electrons. The van der Waals surface area contributed by atoms with Gasteiger partial charge in [0.15, 0.2) is 5.17 Å². The number of anilines is 1. The predicted molar refractivity (Wildman–Crippen MR) is 133 cm³/mol. The Morgan fingerprint density at radius 3 is 2.39 bits per heavy atom. The first-order valence-corrected chi connectivity index (χ1v) is 11.9. The van der Waals surface area contributed by atoms with Crippen LogP contribution >= 0.6 is 11.8 Å². The van der Waals surface area contributed by atoms with E-state index in [1.807, 2.05) is 0 Å². The van der Waals surface area contributed by atoms with Gasteiger partial charge in [-0.15, -0.1) is 0 Å². The lowest BCUT2D eigenvalue weighted by Gasteiger charge is -2.32. The molecule has 7 nitrogen and oxygen atoms in total. The third-order valence-corrected chi connectivity index (χ3v) is 6.63. The number of nitrogens with zero attached hydrogens (tertiary/aromatic N) is 2. The quantitative estimate of drug-likeness (QED) is 0.474. The summed E-state index contributed by atoms with van der Waals surface area (Å²) in [5, 5.41) is 11.1. The number of aliphatic imine (C=N–C) groups is 1. The summed E-state index contributed by atoms with van der Waals surface area (Å²) in [7, 11) is 0. The molecule has 2 amide bonds. The van der Waals surface area contributed by atoms with Crippen molar-refractivity contribution in [2.45, 2.75) is 18.1 Å². The van der Waals surface area contributed by atoms with Crippen LogP contribution in [0.5, 0.6) is 0 Å². The number of carboxylic acid groups (broad SMARTS) is 1. The molecular formula is C26H21F2N3O4S. The minimum atomic E-state index is -1.09. The van der Waals surface area contributed by atoms with Crippen LogP contribution in [-0.2, 0) is 16.0 Å². The fourth-order valence-corrected chi connectivity index (χ4v) is 4.64. The van der Waals surface area contributed by atoms with Gasteiger partial charge in [-0.3, -0.25) is 14.5 Å². The van der Waals surface area contributed by atoms with Crippen LogP contribution in [0.1, 0.15) is 22.3 Å². The third-order valence-electron chi connectivity index (χ3n) is 5.44. The molecule has 184 valence electrons. The van der Waals surface area contributed by atoms with Crippen LogP contribution < -0.4 is 5.32 Å². The summed E-state index contributed by atoms with van der Waals surface area (Å²) in [6.45, 7) is 0.218. The van der Waals surface area contributed by atoms with Crippen molar-refractivity contribution in [2.24, 2.45) is 4.99 Å². The Morgan fingerprint density at radius 1 is 1.03 bits per heavy atom. The van der Waals surface area contributed by atoms with Gasteiger partial charge >= 0.3 is 5.97 Å². The maximum atomic E-state index is 14.3. The Balaban J connectivity index is 1.54. The molecule has 2 N–H and O–H groups in total. The number of amides is 2. The minimum absolute atomic E-state index is 0.0323. The van der Waals surface area contributed by atoms with E-state index in [-0.39, 0.29) is 41.1 Å². The highest BCUT2D eigenvalue weighted by Crippen LogP contribution is 2.31. The minimum Gasteiger partial charge on any atom is -0.478 e. The number of thioether (sulfide) groups is 1. The Morgan fingerprint density at radius 2 is 1.72 bits per heavy atom. The summed E-state index contributed by atoms with van der Waals surface area (Å²) in [6.07, 6.45) is 0.305. The van der Waals surface area contributed by atoms with E-state index < -0.39 is 22.9 Å². The Kier molecular flexibility index (Phi) is 7.74. The van der Waals surface area contributed by atoms with Gasteiger partial charge in [0.25, 0.3) is 0 Å². The molecule has 0 aromatic heterocycles. The van der Waals surface area contributed by atoms with Crippen molar-refractivity contribution in [3.05, 3.63) is 95.6 Å². The average molecular weight is 510 g/mol. The van der Waals surface area contributed by atoms with Crippen LogP contribution in [-0.4, -0.2) is 44.8 Å². The average Bonchev–Trinajstić information content (AvgIpc) is 2.86. The summed E-state index contributed by atoms with van der Waals surface area (Å²) in [5.74, 6) is -2.84. The van der Waals surface area contributed by atoms with Crippen LogP contribution in [0.15, 0.2) is 77.8 Å². The third kappa shape index (κ3) is 6.14. The zero-order valence-corrected chi connectivity index (χ0v) is 19.7. The van der Waals surface area contributed by atoms with Gasteiger partial charge in [-0.05, 0) is 60.5 Å². The second kappa shape index (κ2) is 11.1. The molecule has 1 heterocycles. The Hall–Kier alpha value is -4.05. The largest absolute Gasteiger partial charge is 0.478 e. The van der Waals surface area contributed by atoms with E-state index in [9.17, 15) is 23.2 Å². The molecule has 1 unspecified atom stereocenters. The number of benzene rings is 3. The fraction of sp³-hybridized carbons (Fsp3) is 0.154. The van der Waals surface area contributed by atoms with Crippen molar-refractivity contribution < 1.29 is 28.3 Å². The lowest BCUT2D eigenvalue weighted by Crippen LogP contribution is -2.46. The van der Waals surface area contributed by atoms with Crippen molar-refractivity contribution in [1.82, 2.24) is 4.90 Å². The van der Waals surface area contributed by atoms with Gasteiger partial charge in [-0.25, -0.2) is 18.6 Å². The molecule has 1 aliphatic rings. The van der Waals surface area contributed by atoms with Crippen molar-refractivity contribution >= 4 is 46.1 Å². The van der Waals surface area contributed by atoms with E-state index in [1.165, 1.54) is 59.5 Å². The van der Waals surface area contributed by atoms with Crippen LogP contribution in [0.2, 0.25) is 0 Å². The first-order chi connectivity index (χ1) is 17.3. The summed E-state index contributed by atoms with van der Waals surface area (Å²) >= 11 is 1.04. The van der Waals surface area contributed by atoms with Gasteiger partial charge in [0.1, 0.15) is 22.6 Å². The topological polar surface area (TPSA) is 99.1 Å². The van der Waals surface area contributed by atoms with Crippen molar-refractivity contribution in [1.29, 1.82) is 0 Å². The van der Waals surface area contributed by atoms with Crippen LogP contribution in [0.4, 0.5) is 20.2 Å². The number of halogens is 2. The molecule has 0 spiro atoms. The number of amidine groups is 1. The first-order valence-electron chi connectivity index (χ1n) is 11.0. The summed E-state index contributed by atoms with van der Waals surface area (Å²) < 4.78 is 27.5. The predicted octanol–water partition coefficient (Wildman–Crippen LogP) is 4.87. The Labute approximate surface area is 209 Å². The van der Waals surface area contributed by atoms with Crippen molar-refractivity contribution in [2.75, 3.05) is 11.9 Å². The normalized spacial score (nSPS) is 16.7. The zero-order valence-electron chi connectivity index (χ0n) is 18.9. The molecule has 0 aliphatic carbocycles. The molecule has 0 bridgehead atoms. The zero-order chi connectivity index (χ0) is 25.7. The number of carbonyl (C=O) groups excluding carboxylic acids is 2. The number of rotatable bonds is 7. The number of hydrogen-bond acceptors (Lipinski definition) is 5. The molecule has 4 rings (SSSR count). The summed E-state index contributed by atoms with van der Waals surface area (Å²) in [5.41, 5.74) is 1.30. The van der Waals surface area contributed by atoms with Gasteiger partial charge in [0, 0.05) is 18.7 Å². The fourth-order valence-electron chi connectivity index (χ4n) is 3.52. The molecule has 1 aliphatic heterocycles. The maximum absolute atomic E-state index is 14.3. The number of hydrogen-bond donors (Lipinski definition) is 2. The molecule has 1 fully saturated rings. The van der Waals surface area contributed by atoms with Gasteiger partial charge in [0.2, 0.25) is 11.8 Å².